The van der Waals surface area contributed by atoms with Gasteiger partial charge in [0.05, 0.1) is 6.10 Å². The standard InChI is InChI=1S/C17H17FO2/c1-11-4-3-5-12(8-11)17(2)10-15(19)14-7-6-13(18)9-16(14)20-17/h3-9,15,19H,10H2,1-2H3/t15-,17?/m1/s1. The number of ether oxygens (including phenoxy) is 1. The van der Waals surface area contributed by atoms with Crippen molar-refractivity contribution in [1.82, 2.24) is 0 Å². The second-order valence-electron chi connectivity index (χ2n) is 5.60. The van der Waals surface area contributed by atoms with E-state index in [9.17, 15) is 9.50 Å². The van der Waals surface area contributed by atoms with Gasteiger partial charge in [0.1, 0.15) is 17.2 Å². The summed E-state index contributed by atoms with van der Waals surface area (Å²) < 4.78 is 19.4. The molecule has 3 heteroatoms. The minimum atomic E-state index is -0.648. The van der Waals surface area contributed by atoms with Crippen LogP contribution in [0.1, 0.15) is 36.1 Å². The van der Waals surface area contributed by atoms with Crippen molar-refractivity contribution in [3.8, 4) is 5.75 Å². The molecule has 0 aromatic heterocycles. The van der Waals surface area contributed by atoms with Gasteiger partial charge < -0.3 is 9.84 Å². The minimum Gasteiger partial charge on any atom is -0.482 e. The number of halogens is 1. The van der Waals surface area contributed by atoms with Crippen molar-refractivity contribution in [3.63, 3.8) is 0 Å². The first kappa shape index (κ1) is 13.1. The molecule has 1 heterocycles. The average Bonchev–Trinajstić information content (AvgIpc) is 2.38. The van der Waals surface area contributed by atoms with Gasteiger partial charge >= 0.3 is 0 Å². The number of rotatable bonds is 1. The van der Waals surface area contributed by atoms with Crippen molar-refractivity contribution in [3.05, 3.63) is 65.0 Å². The number of fused-ring (bicyclic) bond motifs is 1. The van der Waals surface area contributed by atoms with E-state index < -0.39 is 11.7 Å². The topological polar surface area (TPSA) is 29.5 Å². The Labute approximate surface area is 117 Å². The number of aliphatic hydroxyl groups is 1. The van der Waals surface area contributed by atoms with Gasteiger partial charge in [-0.05, 0) is 31.5 Å². The number of aryl methyl sites for hydroxylation is 1. The van der Waals surface area contributed by atoms with Crippen molar-refractivity contribution in [1.29, 1.82) is 0 Å². The Morgan fingerprint density at radius 1 is 1.25 bits per heavy atom. The maximum absolute atomic E-state index is 13.4. The third-order valence-corrected chi connectivity index (χ3v) is 3.88. The van der Waals surface area contributed by atoms with Crippen LogP contribution in [0.4, 0.5) is 4.39 Å². The third kappa shape index (κ3) is 2.18. The van der Waals surface area contributed by atoms with E-state index >= 15 is 0 Å². The Morgan fingerprint density at radius 2 is 2.05 bits per heavy atom. The molecule has 2 nitrogen and oxygen atoms in total. The van der Waals surface area contributed by atoms with Crippen LogP contribution in [-0.2, 0) is 5.60 Å². The molecule has 1 unspecified atom stereocenters. The molecule has 0 fully saturated rings. The first-order valence-corrected chi connectivity index (χ1v) is 6.72. The lowest BCUT2D eigenvalue weighted by Gasteiger charge is -2.38. The minimum absolute atomic E-state index is 0.357. The summed E-state index contributed by atoms with van der Waals surface area (Å²) >= 11 is 0. The molecule has 0 radical (unpaired) electrons. The van der Waals surface area contributed by atoms with Crippen LogP contribution in [0.2, 0.25) is 0 Å². The monoisotopic (exact) mass is 272 g/mol. The highest BCUT2D eigenvalue weighted by Crippen LogP contribution is 2.44. The van der Waals surface area contributed by atoms with Crippen LogP contribution in [0.5, 0.6) is 5.75 Å². The quantitative estimate of drug-likeness (QED) is 0.854. The fourth-order valence-corrected chi connectivity index (χ4v) is 2.79. The zero-order chi connectivity index (χ0) is 14.3. The fourth-order valence-electron chi connectivity index (χ4n) is 2.79. The lowest BCUT2D eigenvalue weighted by molar-refractivity contribution is -0.00518. The summed E-state index contributed by atoms with van der Waals surface area (Å²) in [5, 5.41) is 10.3. The lowest BCUT2D eigenvalue weighted by Crippen LogP contribution is -2.35. The van der Waals surface area contributed by atoms with E-state index in [0.29, 0.717) is 17.7 Å². The Balaban J connectivity index is 2.05. The van der Waals surface area contributed by atoms with Crippen molar-refractivity contribution in [2.24, 2.45) is 0 Å². The van der Waals surface area contributed by atoms with Gasteiger partial charge in [-0.2, -0.15) is 0 Å². The van der Waals surface area contributed by atoms with Crippen molar-refractivity contribution < 1.29 is 14.2 Å². The molecule has 104 valence electrons. The molecule has 0 saturated heterocycles. The number of hydrogen-bond acceptors (Lipinski definition) is 2. The largest absolute Gasteiger partial charge is 0.482 e. The maximum Gasteiger partial charge on any atom is 0.134 e. The van der Waals surface area contributed by atoms with Crippen molar-refractivity contribution >= 4 is 0 Å². The highest BCUT2D eigenvalue weighted by Gasteiger charge is 2.38. The molecular weight excluding hydrogens is 255 g/mol. The predicted octanol–water partition coefficient (Wildman–Crippen LogP) is 3.87. The number of benzene rings is 2. The van der Waals surface area contributed by atoms with Gasteiger partial charge in [0.15, 0.2) is 0 Å². The highest BCUT2D eigenvalue weighted by atomic mass is 19.1. The third-order valence-electron chi connectivity index (χ3n) is 3.88. The van der Waals surface area contributed by atoms with E-state index in [2.05, 4.69) is 0 Å². The van der Waals surface area contributed by atoms with Crippen LogP contribution in [0.25, 0.3) is 0 Å². The second kappa shape index (κ2) is 4.60. The van der Waals surface area contributed by atoms with Gasteiger partial charge in [-0.3, -0.25) is 0 Å². The van der Waals surface area contributed by atoms with Gasteiger partial charge in [0, 0.05) is 18.1 Å². The molecule has 0 aliphatic carbocycles. The predicted molar refractivity (Wildman–Crippen MR) is 75.1 cm³/mol. The molecule has 20 heavy (non-hydrogen) atoms. The zero-order valence-corrected chi connectivity index (χ0v) is 11.6. The van der Waals surface area contributed by atoms with E-state index in [1.54, 1.807) is 6.07 Å². The molecule has 1 N–H and O–H groups in total. The van der Waals surface area contributed by atoms with E-state index in [0.717, 1.165) is 11.1 Å². The van der Waals surface area contributed by atoms with Crippen LogP contribution in [0.15, 0.2) is 42.5 Å². The summed E-state index contributed by atoms with van der Waals surface area (Å²) in [4.78, 5) is 0. The summed E-state index contributed by atoms with van der Waals surface area (Å²) in [5.74, 6) is 0.0669. The Kier molecular flexibility index (Phi) is 3.02. The first-order chi connectivity index (χ1) is 9.48. The van der Waals surface area contributed by atoms with Gasteiger partial charge in [-0.25, -0.2) is 4.39 Å². The van der Waals surface area contributed by atoms with E-state index in [-0.39, 0.29) is 5.82 Å². The first-order valence-electron chi connectivity index (χ1n) is 6.72. The summed E-state index contributed by atoms with van der Waals surface area (Å²) in [6.07, 6.45) is -0.195. The number of hydrogen-bond donors (Lipinski definition) is 1. The molecule has 1 aliphatic heterocycles. The van der Waals surface area contributed by atoms with E-state index in [1.807, 2.05) is 38.1 Å². The van der Waals surface area contributed by atoms with E-state index in [1.165, 1.54) is 12.1 Å². The summed E-state index contributed by atoms with van der Waals surface area (Å²) in [6, 6.07) is 12.3. The maximum atomic E-state index is 13.4. The Bertz CT molecular complexity index is 653. The molecule has 1 aliphatic rings. The van der Waals surface area contributed by atoms with Gasteiger partial charge in [0.25, 0.3) is 0 Å². The number of aliphatic hydroxyl groups excluding tert-OH is 1. The summed E-state index contributed by atoms with van der Waals surface area (Å²) in [6.45, 7) is 3.94. The molecule has 0 spiro atoms. The van der Waals surface area contributed by atoms with Gasteiger partial charge in [0.2, 0.25) is 0 Å². The van der Waals surface area contributed by atoms with Gasteiger partial charge in [-0.1, -0.05) is 29.8 Å². The van der Waals surface area contributed by atoms with Crippen LogP contribution < -0.4 is 4.74 Å². The van der Waals surface area contributed by atoms with Crippen LogP contribution in [0, 0.1) is 12.7 Å². The lowest BCUT2D eigenvalue weighted by atomic mass is 9.84. The molecule has 3 rings (SSSR count). The van der Waals surface area contributed by atoms with E-state index in [4.69, 9.17) is 4.74 Å². The van der Waals surface area contributed by atoms with Crippen LogP contribution >= 0.6 is 0 Å². The van der Waals surface area contributed by atoms with Crippen LogP contribution in [0.3, 0.4) is 0 Å². The smallest absolute Gasteiger partial charge is 0.134 e. The molecule has 2 atom stereocenters. The average molecular weight is 272 g/mol. The second-order valence-corrected chi connectivity index (χ2v) is 5.60. The molecule has 2 aromatic carbocycles. The molecule has 2 aromatic rings. The Morgan fingerprint density at radius 3 is 2.80 bits per heavy atom. The summed E-state index contributed by atoms with van der Waals surface area (Å²) in [7, 11) is 0. The highest BCUT2D eigenvalue weighted by molar-refractivity contribution is 5.41. The SMILES string of the molecule is Cc1cccc(C2(C)C[C@@H](O)c3ccc(F)cc3O2)c1. The molecule has 0 saturated carbocycles. The van der Waals surface area contributed by atoms with Crippen molar-refractivity contribution in [2.75, 3.05) is 0 Å². The van der Waals surface area contributed by atoms with Crippen LogP contribution in [-0.4, -0.2) is 5.11 Å². The summed E-state index contributed by atoms with van der Waals surface area (Å²) in [5.41, 5.74) is 2.13. The normalized spacial score (nSPS) is 24.9. The zero-order valence-electron chi connectivity index (χ0n) is 11.6. The molecule has 0 amide bonds. The fraction of sp³-hybridized carbons (Fsp3) is 0.294. The molecule has 0 bridgehead atoms. The van der Waals surface area contributed by atoms with Crippen molar-refractivity contribution in [2.45, 2.75) is 32.0 Å². The van der Waals surface area contributed by atoms with Gasteiger partial charge in [-0.15, -0.1) is 0 Å². The molecular formula is C17H17FO2. The Hall–Kier alpha value is -1.87.